The zero-order chi connectivity index (χ0) is 14.4. The van der Waals surface area contributed by atoms with E-state index in [1.807, 2.05) is 6.92 Å². The molecule has 0 aliphatic heterocycles. The smallest absolute Gasteiger partial charge is 0.339 e. The van der Waals surface area contributed by atoms with Crippen LogP contribution in [0.15, 0.2) is 24.3 Å². The van der Waals surface area contributed by atoms with Crippen molar-refractivity contribution in [1.29, 1.82) is 0 Å². The number of esters is 1. The van der Waals surface area contributed by atoms with Crippen LogP contribution in [-0.4, -0.2) is 26.0 Å². The highest BCUT2D eigenvalue weighted by molar-refractivity contribution is 6.02. The van der Waals surface area contributed by atoms with E-state index in [0.29, 0.717) is 23.6 Å². The Morgan fingerprint density at radius 2 is 1.95 bits per heavy atom. The number of carbonyl (C=O) groups is 2. The minimum atomic E-state index is -0.432. The second-order valence-electron chi connectivity index (χ2n) is 4.68. The topological polar surface area (TPSA) is 46.6 Å². The number of carbonyl (C=O) groups excluding carboxylic acids is 2. The van der Waals surface area contributed by atoms with Crippen LogP contribution in [0, 0.1) is 5.92 Å². The summed E-state index contributed by atoms with van der Waals surface area (Å²) in [6.45, 7) is 4.10. The predicted molar refractivity (Wildman–Crippen MR) is 75.3 cm³/mol. The Bertz CT molecular complexity index is 456. The maximum Gasteiger partial charge on any atom is 0.339 e. The van der Waals surface area contributed by atoms with Crippen LogP contribution in [0.2, 0.25) is 0 Å². The second-order valence-corrected chi connectivity index (χ2v) is 4.68. The summed E-state index contributed by atoms with van der Waals surface area (Å²) in [5.41, 5.74) is 0.993. The molecular weight excluding hydrogens is 242 g/mol. The highest BCUT2D eigenvalue weighted by Gasteiger charge is 2.19. The zero-order valence-electron chi connectivity index (χ0n) is 12.0. The molecule has 1 atom stereocenters. The quantitative estimate of drug-likeness (QED) is 0.767. The molecule has 1 aromatic carbocycles. The summed E-state index contributed by atoms with van der Waals surface area (Å²) in [6.07, 6.45) is 1.43. The Balaban J connectivity index is 2.96. The van der Waals surface area contributed by atoms with E-state index in [9.17, 15) is 9.59 Å². The molecule has 1 rings (SSSR count). The van der Waals surface area contributed by atoms with Crippen LogP contribution >= 0.6 is 0 Å². The second kappa shape index (κ2) is 6.92. The van der Waals surface area contributed by atoms with Crippen LogP contribution < -0.4 is 4.90 Å². The Hall–Kier alpha value is -1.84. The monoisotopic (exact) mass is 263 g/mol. The lowest BCUT2D eigenvalue weighted by Gasteiger charge is -2.21. The SMILES string of the molecule is CCC(C)CC(=O)N(C)c1ccccc1C(=O)OC. The molecule has 4 nitrogen and oxygen atoms in total. The van der Waals surface area contributed by atoms with Crippen molar-refractivity contribution in [2.24, 2.45) is 5.92 Å². The molecule has 0 saturated heterocycles. The van der Waals surface area contributed by atoms with E-state index >= 15 is 0 Å². The molecule has 0 saturated carbocycles. The van der Waals surface area contributed by atoms with Gasteiger partial charge in [0.2, 0.25) is 5.91 Å². The van der Waals surface area contributed by atoms with Gasteiger partial charge in [0, 0.05) is 13.5 Å². The fraction of sp³-hybridized carbons (Fsp3) is 0.467. The number of para-hydroxylation sites is 1. The number of benzene rings is 1. The first kappa shape index (κ1) is 15.2. The van der Waals surface area contributed by atoms with Crippen LogP contribution in [0.3, 0.4) is 0 Å². The summed E-state index contributed by atoms with van der Waals surface area (Å²) in [5.74, 6) is -0.0928. The third-order valence-electron chi connectivity index (χ3n) is 3.26. The number of anilines is 1. The first-order valence-electron chi connectivity index (χ1n) is 6.45. The number of nitrogens with zero attached hydrogens (tertiary/aromatic N) is 1. The lowest BCUT2D eigenvalue weighted by atomic mass is 10.0. The van der Waals surface area contributed by atoms with Crippen molar-refractivity contribution in [2.45, 2.75) is 26.7 Å². The van der Waals surface area contributed by atoms with Gasteiger partial charge in [0.25, 0.3) is 0 Å². The summed E-state index contributed by atoms with van der Waals surface area (Å²) >= 11 is 0. The van der Waals surface area contributed by atoms with Gasteiger partial charge in [-0.1, -0.05) is 32.4 Å². The molecule has 4 heteroatoms. The molecule has 0 spiro atoms. The van der Waals surface area contributed by atoms with Crippen molar-refractivity contribution in [2.75, 3.05) is 19.1 Å². The Morgan fingerprint density at radius 3 is 2.53 bits per heavy atom. The normalized spacial score (nSPS) is 11.8. The van der Waals surface area contributed by atoms with E-state index in [-0.39, 0.29) is 5.91 Å². The molecule has 0 bridgehead atoms. The molecule has 0 radical (unpaired) electrons. The van der Waals surface area contributed by atoms with Crippen molar-refractivity contribution < 1.29 is 14.3 Å². The summed E-state index contributed by atoms with van der Waals surface area (Å²) < 4.78 is 4.73. The van der Waals surface area contributed by atoms with Gasteiger partial charge in [0.05, 0.1) is 18.4 Å². The maximum absolute atomic E-state index is 12.1. The highest BCUT2D eigenvalue weighted by Crippen LogP contribution is 2.22. The van der Waals surface area contributed by atoms with Crippen molar-refractivity contribution in [3.05, 3.63) is 29.8 Å². The van der Waals surface area contributed by atoms with Crippen molar-refractivity contribution in [1.82, 2.24) is 0 Å². The van der Waals surface area contributed by atoms with Gasteiger partial charge in [0.1, 0.15) is 0 Å². The lowest BCUT2D eigenvalue weighted by Crippen LogP contribution is -2.29. The zero-order valence-corrected chi connectivity index (χ0v) is 12.0. The summed E-state index contributed by atoms with van der Waals surface area (Å²) in [5, 5.41) is 0. The standard InChI is InChI=1S/C15H21NO3/c1-5-11(2)10-14(17)16(3)13-9-7-6-8-12(13)15(18)19-4/h6-9,11H,5,10H2,1-4H3. The van der Waals surface area contributed by atoms with E-state index < -0.39 is 5.97 Å². The van der Waals surface area contributed by atoms with E-state index in [2.05, 4.69) is 6.92 Å². The first-order chi connectivity index (χ1) is 9.01. The van der Waals surface area contributed by atoms with E-state index in [0.717, 1.165) is 6.42 Å². The minimum Gasteiger partial charge on any atom is -0.465 e. The number of hydrogen-bond acceptors (Lipinski definition) is 3. The Labute approximate surface area is 114 Å². The molecule has 0 aromatic heterocycles. The van der Waals surface area contributed by atoms with Gasteiger partial charge in [-0.2, -0.15) is 0 Å². The molecule has 104 valence electrons. The van der Waals surface area contributed by atoms with E-state index in [1.54, 1.807) is 31.3 Å². The van der Waals surface area contributed by atoms with Crippen LogP contribution in [-0.2, 0) is 9.53 Å². The van der Waals surface area contributed by atoms with Crippen molar-refractivity contribution >= 4 is 17.6 Å². The van der Waals surface area contributed by atoms with Gasteiger partial charge in [0.15, 0.2) is 0 Å². The molecule has 19 heavy (non-hydrogen) atoms. The van der Waals surface area contributed by atoms with Crippen LogP contribution in [0.1, 0.15) is 37.0 Å². The summed E-state index contributed by atoms with van der Waals surface area (Å²) in [4.78, 5) is 25.4. The maximum atomic E-state index is 12.1. The Kier molecular flexibility index (Phi) is 5.55. The van der Waals surface area contributed by atoms with E-state index in [1.165, 1.54) is 12.0 Å². The number of amides is 1. The van der Waals surface area contributed by atoms with Gasteiger partial charge in [-0.3, -0.25) is 4.79 Å². The number of rotatable bonds is 5. The molecule has 0 N–H and O–H groups in total. The summed E-state index contributed by atoms with van der Waals surface area (Å²) in [7, 11) is 3.02. The number of hydrogen-bond donors (Lipinski definition) is 0. The third-order valence-corrected chi connectivity index (χ3v) is 3.26. The van der Waals surface area contributed by atoms with Crippen LogP contribution in [0.4, 0.5) is 5.69 Å². The number of methoxy groups -OCH3 is 1. The average molecular weight is 263 g/mol. The fourth-order valence-corrected chi connectivity index (χ4v) is 1.76. The molecule has 1 unspecified atom stereocenters. The molecule has 1 aromatic rings. The molecule has 0 aliphatic carbocycles. The fourth-order valence-electron chi connectivity index (χ4n) is 1.76. The lowest BCUT2D eigenvalue weighted by molar-refractivity contribution is -0.119. The highest BCUT2D eigenvalue weighted by atomic mass is 16.5. The average Bonchev–Trinajstić information content (AvgIpc) is 2.45. The first-order valence-corrected chi connectivity index (χ1v) is 6.45. The van der Waals surface area contributed by atoms with E-state index in [4.69, 9.17) is 4.74 Å². The molecule has 0 fully saturated rings. The van der Waals surface area contributed by atoms with Crippen molar-refractivity contribution in [3.63, 3.8) is 0 Å². The van der Waals surface area contributed by atoms with Gasteiger partial charge in [-0.05, 0) is 18.1 Å². The Morgan fingerprint density at radius 1 is 1.32 bits per heavy atom. The third kappa shape index (κ3) is 3.81. The van der Waals surface area contributed by atoms with Gasteiger partial charge in [-0.25, -0.2) is 4.79 Å². The van der Waals surface area contributed by atoms with Crippen molar-refractivity contribution in [3.8, 4) is 0 Å². The van der Waals surface area contributed by atoms with Gasteiger partial charge in [-0.15, -0.1) is 0 Å². The molecule has 0 heterocycles. The molecular formula is C15H21NO3. The van der Waals surface area contributed by atoms with Gasteiger partial charge >= 0.3 is 5.97 Å². The molecule has 1 amide bonds. The largest absolute Gasteiger partial charge is 0.465 e. The predicted octanol–water partition coefficient (Wildman–Crippen LogP) is 2.87. The van der Waals surface area contributed by atoms with Gasteiger partial charge < -0.3 is 9.64 Å². The molecule has 0 aliphatic rings. The van der Waals surface area contributed by atoms with Crippen LogP contribution in [0.25, 0.3) is 0 Å². The van der Waals surface area contributed by atoms with Crippen LogP contribution in [0.5, 0.6) is 0 Å². The number of ether oxygens (including phenoxy) is 1. The summed E-state index contributed by atoms with van der Waals surface area (Å²) in [6, 6.07) is 6.96. The minimum absolute atomic E-state index is 0.00528.